The summed E-state index contributed by atoms with van der Waals surface area (Å²) < 4.78 is 5.70. The fourth-order valence-electron chi connectivity index (χ4n) is 3.66. The van der Waals surface area contributed by atoms with Crippen LogP contribution in [0.4, 0.5) is 0 Å². The molecule has 0 atom stereocenters. The molecule has 2 aliphatic carbocycles. The van der Waals surface area contributed by atoms with Crippen molar-refractivity contribution in [3.05, 3.63) is 35.4 Å². The summed E-state index contributed by atoms with van der Waals surface area (Å²) in [6.45, 7) is 2.26. The van der Waals surface area contributed by atoms with Crippen LogP contribution in [-0.4, -0.2) is 18.5 Å². The zero-order valence-corrected chi connectivity index (χ0v) is 13.2. The zero-order valence-electron chi connectivity index (χ0n) is 13.2. The first-order chi connectivity index (χ1) is 10.1. The highest BCUT2D eigenvalue weighted by molar-refractivity contribution is 6.02. The normalized spacial score (nSPS) is 29.9. The fraction of sp³-hybridized carbons (Fsp3) is 0.632. The first kappa shape index (κ1) is 14.8. The van der Waals surface area contributed by atoms with Crippen LogP contribution < -0.4 is 0 Å². The summed E-state index contributed by atoms with van der Waals surface area (Å²) in [6.07, 6.45) is 7.82. The van der Waals surface area contributed by atoms with E-state index in [1.165, 1.54) is 24.8 Å². The largest absolute Gasteiger partial charge is 0.370 e. The molecule has 0 heterocycles. The molecule has 2 heteroatoms. The molecule has 114 valence electrons. The molecule has 0 bridgehead atoms. The van der Waals surface area contributed by atoms with E-state index in [4.69, 9.17) is 4.74 Å². The summed E-state index contributed by atoms with van der Waals surface area (Å²) >= 11 is 0. The van der Waals surface area contributed by atoms with Gasteiger partial charge in [0.1, 0.15) is 5.60 Å². The number of benzene rings is 1. The van der Waals surface area contributed by atoms with Crippen molar-refractivity contribution in [3.63, 3.8) is 0 Å². The van der Waals surface area contributed by atoms with Crippen molar-refractivity contribution in [2.45, 2.75) is 63.4 Å². The van der Waals surface area contributed by atoms with Gasteiger partial charge < -0.3 is 4.74 Å². The van der Waals surface area contributed by atoms with Crippen LogP contribution in [-0.2, 0) is 4.74 Å². The van der Waals surface area contributed by atoms with E-state index < -0.39 is 5.60 Å². The van der Waals surface area contributed by atoms with Gasteiger partial charge in [0.15, 0.2) is 5.78 Å². The number of hydrogen-bond donors (Lipinski definition) is 0. The number of hydrogen-bond acceptors (Lipinski definition) is 2. The highest BCUT2D eigenvalue weighted by atomic mass is 16.5. The topological polar surface area (TPSA) is 26.3 Å². The van der Waals surface area contributed by atoms with Crippen molar-refractivity contribution in [2.75, 3.05) is 7.11 Å². The van der Waals surface area contributed by atoms with Crippen LogP contribution in [0.25, 0.3) is 0 Å². The molecule has 0 aromatic heterocycles. The third-order valence-electron chi connectivity index (χ3n) is 5.64. The van der Waals surface area contributed by atoms with Crippen LogP contribution in [0, 0.1) is 5.92 Å². The first-order valence-electron chi connectivity index (χ1n) is 8.34. The highest BCUT2D eigenvalue weighted by Crippen LogP contribution is 2.38. The van der Waals surface area contributed by atoms with Crippen molar-refractivity contribution >= 4 is 5.78 Å². The molecule has 0 saturated heterocycles. The number of ether oxygens (including phenoxy) is 1. The van der Waals surface area contributed by atoms with Gasteiger partial charge in [-0.1, -0.05) is 37.6 Å². The number of methoxy groups -OCH3 is 1. The standard InChI is InChI=1S/C19H26O2/c1-14-10-12-19(21-2,13-11-14)18(20)17-8-6-16(7-9-17)15-4-3-5-15/h6-9,14-15H,3-5,10-13H2,1-2H3. The fourth-order valence-corrected chi connectivity index (χ4v) is 3.66. The number of rotatable bonds is 4. The second kappa shape index (κ2) is 5.92. The quantitative estimate of drug-likeness (QED) is 0.748. The smallest absolute Gasteiger partial charge is 0.194 e. The van der Waals surface area contributed by atoms with E-state index in [0.29, 0.717) is 5.92 Å². The zero-order chi connectivity index (χ0) is 14.9. The van der Waals surface area contributed by atoms with Gasteiger partial charge in [0.2, 0.25) is 0 Å². The molecule has 2 nitrogen and oxygen atoms in total. The Labute approximate surface area is 127 Å². The average Bonchev–Trinajstić information content (AvgIpc) is 2.47. The number of carbonyl (C=O) groups excluding carboxylic acids is 1. The minimum absolute atomic E-state index is 0.178. The molecule has 1 aromatic carbocycles. The Morgan fingerprint density at radius 3 is 2.19 bits per heavy atom. The number of ketones is 1. The molecule has 2 fully saturated rings. The third-order valence-corrected chi connectivity index (χ3v) is 5.64. The predicted octanol–water partition coefficient (Wildman–Crippen LogP) is 4.73. The molecule has 0 spiro atoms. The van der Waals surface area contributed by atoms with E-state index in [1.54, 1.807) is 7.11 Å². The molecule has 1 aromatic rings. The molecule has 0 N–H and O–H groups in total. The SMILES string of the molecule is COC1(C(=O)c2ccc(C3CCC3)cc2)CCC(C)CC1. The van der Waals surface area contributed by atoms with E-state index in [1.807, 2.05) is 12.1 Å². The Bertz CT molecular complexity index is 491. The molecule has 0 aliphatic heterocycles. The van der Waals surface area contributed by atoms with E-state index in [0.717, 1.165) is 37.2 Å². The lowest BCUT2D eigenvalue weighted by atomic mass is 9.75. The molecule has 2 saturated carbocycles. The molecule has 0 amide bonds. The van der Waals surface area contributed by atoms with Crippen molar-refractivity contribution < 1.29 is 9.53 Å². The Morgan fingerprint density at radius 1 is 1.10 bits per heavy atom. The van der Waals surface area contributed by atoms with Gasteiger partial charge in [-0.15, -0.1) is 0 Å². The van der Waals surface area contributed by atoms with Gasteiger partial charge in [-0.3, -0.25) is 4.79 Å². The number of Topliss-reactive ketones (excluding diaryl/α,β-unsaturated/α-hetero) is 1. The predicted molar refractivity (Wildman–Crippen MR) is 84.7 cm³/mol. The van der Waals surface area contributed by atoms with Crippen LogP contribution in [0.1, 0.15) is 73.7 Å². The van der Waals surface area contributed by atoms with Gasteiger partial charge in [0.25, 0.3) is 0 Å². The highest BCUT2D eigenvalue weighted by Gasteiger charge is 2.41. The molecule has 21 heavy (non-hydrogen) atoms. The second-order valence-electron chi connectivity index (χ2n) is 6.96. The maximum absolute atomic E-state index is 12.9. The maximum atomic E-state index is 12.9. The lowest BCUT2D eigenvalue weighted by molar-refractivity contribution is -0.0263. The Hall–Kier alpha value is -1.15. The number of carbonyl (C=O) groups is 1. The van der Waals surface area contributed by atoms with Crippen LogP contribution >= 0.6 is 0 Å². The van der Waals surface area contributed by atoms with Crippen LogP contribution in [0.5, 0.6) is 0 Å². The summed E-state index contributed by atoms with van der Waals surface area (Å²) in [6, 6.07) is 8.31. The average molecular weight is 286 g/mol. The molecule has 0 radical (unpaired) electrons. The second-order valence-corrected chi connectivity index (χ2v) is 6.96. The Balaban J connectivity index is 1.76. The van der Waals surface area contributed by atoms with Crippen LogP contribution in [0.15, 0.2) is 24.3 Å². The van der Waals surface area contributed by atoms with E-state index in [9.17, 15) is 4.79 Å². The van der Waals surface area contributed by atoms with Gasteiger partial charge in [-0.25, -0.2) is 0 Å². The minimum atomic E-state index is -0.579. The third kappa shape index (κ3) is 2.78. The molecule has 3 rings (SSSR count). The van der Waals surface area contributed by atoms with E-state index in [2.05, 4.69) is 19.1 Å². The van der Waals surface area contributed by atoms with Crippen molar-refractivity contribution in [3.8, 4) is 0 Å². The lowest BCUT2D eigenvalue weighted by Gasteiger charge is -2.37. The van der Waals surface area contributed by atoms with Gasteiger partial charge in [-0.05, 0) is 55.9 Å². The Kier molecular flexibility index (Phi) is 4.17. The van der Waals surface area contributed by atoms with Gasteiger partial charge in [0, 0.05) is 12.7 Å². The van der Waals surface area contributed by atoms with Gasteiger partial charge in [0.05, 0.1) is 0 Å². The molecular formula is C19H26O2. The molecule has 0 unspecified atom stereocenters. The van der Waals surface area contributed by atoms with Crippen molar-refractivity contribution in [1.82, 2.24) is 0 Å². The summed E-state index contributed by atoms with van der Waals surface area (Å²) in [4.78, 5) is 12.9. The van der Waals surface area contributed by atoms with Crippen molar-refractivity contribution in [1.29, 1.82) is 0 Å². The maximum Gasteiger partial charge on any atom is 0.194 e. The molecular weight excluding hydrogens is 260 g/mol. The van der Waals surface area contributed by atoms with Crippen LogP contribution in [0.3, 0.4) is 0 Å². The molecule has 2 aliphatic rings. The lowest BCUT2D eigenvalue weighted by Crippen LogP contribution is -2.43. The van der Waals surface area contributed by atoms with Crippen molar-refractivity contribution in [2.24, 2.45) is 5.92 Å². The first-order valence-corrected chi connectivity index (χ1v) is 8.34. The minimum Gasteiger partial charge on any atom is -0.370 e. The summed E-state index contributed by atoms with van der Waals surface area (Å²) in [5, 5.41) is 0. The van der Waals surface area contributed by atoms with Gasteiger partial charge in [-0.2, -0.15) is 0 Å². The monoisotopic (exact) mass is 286 g/mol. The van der Waals surface area contributed by atoms with E-state index in [-0.39, 0.29) is 5.78 Å². The summed E-state index contributed by atoms with van der Waals surface area (Å²) in [5.74, 6) is 1.61. The van der Waals surface area contributed by atoms with E-state index >= 15 is 0 Å². The van der Waals surface area contributed by atoms with Crippen LogP contribution in [0.2, 0.25) is 0 Å². The summed E-state index contributed by atoms with van der Waals surface area (Å²) in [5.41, 5.74) is 1.63. The van der Waals surface area contributed by atoms with Gasteiger partial charge >= 0.3 is 0 Å². The summed E-state index contributed by atoms with van der Waals surface area (Å²) in [7, 11) is 1.69. The Morgan fingerprint density at radius 2 is 1.71 bits per heavy atom.